The zero-order chi connectivity index (χ0) is 18.6. The Kier molecular flexibility index (Phi) is 22.4. The van der Waals surface area contributed by atoms with E-state index in [2.05, 4.69) is 31.9 Å². The molecule has 0 spiro atoms. The summed E-state index contributed by atoms with van der Waals surface area (Å²) in [6, 6.07) is 0. The molecular formula is C2H4Cl2Cu3O14P4. The van der Waals surface area contributed by atoms with Gasteiger partial charge in [-0.2, -0.15) is 0 Å². The van der Waals surface area contributed by atoms with Gasteiger partial charge >= 0.3 is 51.2 Å². The average Bonchev–Trinajstić information content (AvgIpc) is 2.35. The Labute approximate surface area is 181 Å². The van der Waals surface area contributed by atoms with E-state index in [1.807, 2.05) is 0 Å². The Hall–Kier alpha value is 2.66. The SMILES string of the molecule is O=P([O-])([O-])C(O)P(=O)([O-])OCl.O=P([O-])([O-])C(O)P(=O)([O-])OCl.[Cu+2].[Cu+2].[Cu+2]. The van der Waals surface area contributed by atoms with Gasteiger partial charge in [-0.15, -0.1) is 0 Å². The van der Waals surface area contributed by atoms with Gasteiger partial charge in [-0.25, -0.2) is 8.15 Å². The zero-order valence-electron chi connectivity index (χ0n) is 10.4. The van der Waals surface area contributed by atoms with E-state index in [1.54, 1.807) is 0 Å². The van der Waals surface area contributed by atoms with Gasteiger partial charge in [0.1, 0.15) is 11.2 Å². The molecular weight excluding hydrogens is 633 g/mol. The normalized spacial score (nSPS) is 18.3. The van der Waals surface area contributed by atoms with E-state index in [0.717, 1.165) is 0 Å². The number of halogens is 2. The maximum Gasteiger partial charge on any atom is 2.00 e. The summed E-state index contributed by atoms with van der Waals surface area (Å²) >= 11 is 8.52. The smallest absolute Gasteiger partial charge is 0.809 e. The standard InChI is InChI=1S/2CH5ClO7P2.3Cu/c2*2-9-11(7,8)1(3)10(4,5)6;;;/h2*1,3H,(H,7,8)(H2,4,5,6);;;/q;;3*+2/p-6. The number of aliphatic hydroxyl groups is 2. The van der Waals surface area contributed by atoms with Gasteiger partial charge in [0.15, 0.2) is 15.2 Å². The fourth-order valence-corrected chi connectivity index (χ4v) is 4.40. The second kappa shape index (κ2) is 14.6. The van der Waals surface area contributed by atoms with Crippen LogP contribution in [0.3, 0.4) is 0 Å². The summed E-state index contributed by atoms with van der Waals surface area (Å²) < 4.78 is 46.2. The van der Waals surface area contributed by atoms with Gasteiger partial charge in [0, 0.05) is 0 Å². The van der Waals surface area contributed by atoms with Gasteiger partial charge in [-0.1, -0.05) is 0 Å². The van der Waals surface area contributed by atoms with Crippen molar-refractivity contribution in [3.63, 3.8) is 0 Å². The molecule has 0 heterocycles. The van der Waals surface area contributed by atoms with Gasteiger partial charge in [0.25, 0.3) is 0 Å². The Bertz CT molecular complexity index is 498. The predicted molar refractivity (Wildman–Crippen MR) is 56.3 cm³/mol. The molecule has 3 radical (unpaired) electrons. The Morgan fingerprint density at radius 2 is 0.800 bits per heavy atom. The number of hydrogen-bond acceptors (Lipinski definition) is 14. The monoisotopic (exact) mass is 635 g/mol. The van der Waals surface area contributed by atoms with Crippen LogP contribution in [0.1, 0.15) is 0 Å². The molecule has 23 heteroatoms. The molecule has 2 N–H and O–H groups in total. The zero-order valence-corrected chi connectivity index (χ0v) is 18.3. The van der Waals surface area contributed by atoms with Crippen molar-refractivity contribution in [1.29, 1.82) is 0 Å². The van der Waals surface area contributed by atoms with E-state index >= 15 is 0 Å². The predicted octanol–water partition coefficient (Wildman–Crippen LogP) is -4.21. The second-order valence-electron chi connectivity index (χ2n) is 2.99. The van der Waals surface area contributed by atoms with E-state index < -0.39 is 41.6 Å². The first-order chi connectivity index (χ1) is 9.43. The maximum atomic E-state index is 10.2. The summed E-state index contributed by atoms with van der Waals surface area (Å²) in [5.74, 6) is 0. The van der Waals surface area contributed by atoms with Crippen molar-refractivity contribution in [1.82, 2.24) is 0 Å². The van der Waals surface area contributed by atoms with Crippen molar-refractivity contribution in [2.24, 2.45) is 0 Å². The van der Waals surface area contributed by atoms with Gasteiger partial charge in [-0.3, -0.25) is 0 Å². The van der Waals surface area contributed by atoms with E-state index in [-0.39, 0.29) is 51.2 Å². The molecule has 0 aromatic rings. The van der Waals surface area contributed by atoms with Crippen molar-refractivity contribution < 1.29 is 117 Å². The quantitative estimate of drug-likeness (QED) is 0.207. The van der Waals surface area contributed by atoms with Gasteiger partial charge in [0.2, 0.25) is 0 Å². The third-order valence-corrected chi connectivity index (χ3v) is 8.52. The van der Waals surface area contributed by atoms with E-state index in [4.69, 9.17) is 10.2 Å². The molecule has 0 saturated carbocycles. The maximum absolute atomic E-state index is 10.2. The second-order valence-corrected chi connectivity index (χ2v) is 11.2. The van der Waals surface area contributed by atoms with Crippen LogP contribution in [0.2, 0.25) is 0 Å². The fraction of sp³-hybridized carbons (Fsp3) is 1.00. The third kappa shape index (κ3) is 15.2. The van der Waals surface area contributed by atoms with Crippen LogP contribution in [0.25, 0.3) is 0 Å². The van der Waals surface area contributed by atoms with Crippen LogP contribution in [0, 0.1) is 0 Å². The molecule has 0 aliphatic rings. The molecule has 4 unspecified atom stereocenters. The molecule has 0 aromatic heterocycles. The Balaban J connectivity index is -0.0000000952. The summed E-state index contributed by atoms with van der Waals surface area (Å²) in [5.41, 5.74) is -6.26. The number of aliphatic hydroxyl groups excluding tert-OH is 2. The van der Waals surface area contributed by atoms with E-state index in [9.17, 15) is 47.6 Å². The first-order valence-electron chi connectivity index (χ1n) is 4.05. The van der Waals surface area contributed by atoms with Crippen LogP contribution >= 0.6 is 54.1 Å². The number of rotatable bonds is 6. The molecule has 0 bridgehead atoms. The average molecular weight is 637 g/mol. The summed E-state index contributed by atoms with van der Waals surface area (Å²) in [6.45, 7) is 0. The van der Waals surface area contributed by atoms with Crippen molar-refractivity contribution in [3.8, 4) is 0 Å². The van der Waals surface area contributed by atoms with Gasteiger partial charge in [-0.05, 0) is 15.2 Å². The minimum atomic E-state index is -5.62. The fourth-order valence-electron chi connectivity index (χ4n) is 0.418. The van der Waals surface area contributed by atoms with Crippen LogP contribution in [0.4, 0.5) is 0 Å². The molecule has 0 saturated heterocycles. The molecule has 4 atom stereocenters. The van der Waals surface area contributed by atoms with E-state index in [0.29, 0.717) is 0 Å². The summed E-state index contributed by atoms with van der Waals surface area (Å²) in [4.78, 5) is 59.8. The van der Waals surface area contributed by atoms with Crippen molar-refractivity contribution in [3.05, 3.63) is 0 Å². The van der Waals surface area contributed by atoms with Crippen LogP contribution in [0.5, 0.6) is 0 Å². The first kappa shape index (κ1) is 38.3. The van der Waals surface area contributed by atoms with Crippen LogP contribution in [0.15, 0.2) is 0 Å². The molecule has 25 heavy (non-hydrogen) atoms. The minimum absolute atomic E-state index is 0. The Morgan fingerprint density at radius 3 is 0.840 bits per heavy atom. The minimum Gasteiger partial charge on any atom is -0.809 e. The largest absolute Gasteiger partial charge is 2.00 e. The molecule has 0 aliphatic heterocycles. The molecule has 163 valence electrons. The third-order valence-electron chi connectivity index (χ3n) is 1.32. The van der Waals surface area contributed by atoms with Crippen LogP contribution in [-0.4, -0.2) is 21.4 Å². The topological polar surface area (TPSA) is 266 Å². The van der Waals surface area contributed by atoms with Crippen molar-refractivity contribution in [2.75, 3.05) is 0 Å². The van der Waals surface area contributed by atoms with Gasteiger partial charge < -0.3 is 57.8 Å². The molecule has 0 fully saturated rings. The molecule has 0 aromatic carbocycles. The molecule has 0 amide bonds. The van der Waals surface area contributed by atoms with Crippen molar-refractivity contribution >= 4 is 54.1 Å². The summed E-state index contributed by atoms with van der Waals surface area (Å²) in [5, 5.41) is 16.5. The number of hydrogen-bond donors (Lipinski definition) is 2. The van der Waals surface area contributed by atoms with Crippen LogP contribution < -0.4 is 29.4 Å². The first-order valence-corrected chi connectivity index (χ1v) is 11.1. The van der Waals surface area contributed by atoms with E-state index in [1.165, 1.54) is 0 Å². The Morgan fingerprint density at radius 1 is 0.640 bits per heavy atom. The summed E-state index contributed by atoms with van der Waals surface area (Å²) in [6.07, 6.45) is 0. The molecule has 0 aliphatic carbocycles. The molecule has 0 rings (SSSR count). The molecule has 14 nitrogen and oxygen atoms in total. The van der Waals surface area contributed by atoms with Crippen molar-refractivity contribution in [2.45, 2.75) is 11.2 Å². The van der Waals surface area contributed by atoms with Gasteiger partial charge in [0.05, 0.1) is 23.7 Å². The summed E-state index contributed by atoms with van der Waals surface area (Å²) in [7, 11) is -21.7. The van der Waals surface area contributed by atoms with Crippen LogP contribution in [-0.2, 0) is 77.6 Å².